The molecule has 0 aromatic heterocycles. The van der Waals surface area contributed by atoms with Crippen LogP contribution in [0.5, 0.6) is 0 Å². The molecule has 0 fully saturated rings. The van der Waals surface area contributed by atoms with E-state index in [1.165, 1.54) is 7.11 Å². The second kappa shape index (κ2) is 3.89. The Morgan fingerprint density at radius 1 is 2.00 bits per heavy atom. The van der Waals surface area contributed by atoms with E-state index in [2.05, 4.69) is 20.7 Å². The molecule has 0 aromatic carbocycles. The van der Waals surface area contributed by atoms with Crippen molar-refractivity contribution >= 4 is 22.0 Å². The van der Waals surface area contributed by atoms with E-state index < -0.39 is 6.04 Å². The van der Waals surface area contributed by atoms with Crippen molar-refractivity contribution in [1.82, 2.24) is 0 Å². The van der Waals surface area contributed by atoms with Crippen LogP contribution in [0.1, 0.15) is 0 Å². The van der Waals surface area contributed by atoms with Crippen LogP contribution in [0.15, 0.2) is 0 Å². The molecule has 3 nitrogen and oxygen atoms in total. The van der Waals surface area contributed by atoms with Crippen molar-refractivity contribution in [2.24, 2.45) is 5.73 Å². The molecule has 0 aliphatic rings. The number of hydrogen-bond acceptors (Lipinski definition) is 3. The molecule has 1 atom stereocenters. The topological polar surface area (TPSA) is 52.3 Å². The van der Waals surface area contributed by atoms with E-state index in [0.717, 1.165) is 0 Å². The second-order valence-electron chi connectivity index (χ2n) is 1.31. The predicted molar refractivity (Wildman–Crippen MR) is 31.9 cm³/mol. The Labute approximate surface area is 56.4 Å². The molecule has 1 unspecified atom stereocenters. The maximum atomic E-state index is 10.4. The number of hydrogen-bond donors (Lipinski definition) is 1. The number of carbonyl (C=O) groups is 1. The molecule has 0 saturated carbocycles. The Morgan fingerprint density at radius 3 is 2.62 bits per heavy atom. The van der Waals surface area contributed by atoms with Crippen molar-refractivity contribution < 1.29 is 9.53 Å². The zero-order chi connectivity index (χ0) is 6.57. The van der Waals surface area contributed by atoms with E-state index in [1.54, 1.807) is 0 Å². The van der Waals surface area contributed by atoms with Crippen molar-refractivity contribution in [1.29, 1.82) is 0 Å². The minimum atomic E-state index is -0.472. The van der Waals surface area contributed by atoms with Gasteiger partial charge in [0.05, 0.1) is 0 Å². The van der Waals surface area contributed by atoms with Gasteiger partial charge in [-0.25, -0.2) is 0 Å². The van der Waals surface area contributed by atoms with Crippen molar-refractivity contribution in [2.45, 2.75) is 11.4 Å². The summed E-state index contributed by atoms with van der Waals surface area (Å²) in [7, 11) is 1.32. The van der Waals surface area contributed by atoms with Gasteiger partial charge in [0.25, 0.3) is 0 Å². The molecule has 0 amide bonds. The first-order valence-corrected chi connectivity index (χ1v) is 3.49. The van der Waals surface area contributed by atoms with Gasteiger partial charge < -0.3 is 0 Å². The SMILES string of the molecule is COC(=O)C(N)C[SeH]. The molecule has 0 rings (SSSR count). The van der Waals surface area contributed by atoms with Gasteiger partial charge in [0.15, 0.2) is 0 Å². The van der Waals surface area contributed by atoms with E-state index in [0.29, 0.717) is 5.32 Å². The summed E-state index contributed by atoms with van der Waals surface area (Å²) in [6.45, 7) is 0. The Hall–Kier alpha value is -0.0505. The van der Waals surface area contributed by atoms with Crippen LogP contribution in [0.4, 0.5) is 0 Å². The molecule has 0 bridgehead atoms. The molecule has 0 aliphatic carbocycles. The van der Waals surface area contributed by atoms with Crippen molar-refractivity contribution in [2.75, 3.05) is 7.11 Å². The van der Waals surface area contributed by atoms with Crippen LogP contribution in [0.25, 0.3) is 0 Å². The van der Waals surface area contributed by atoms with Crippen LogP contribution in [-0.2, 0) is 9.53 Å². The molecule has 0 aliphatic heterocycles. The number of esters is 1. The molecule has 0 spiro atoms. The first-order chi connectivity index (χ1) is 3.72. The number of carbonyl (C=O) groups excluding carboxylic acids is 1. The number of ether oxygens (including phenoxy) is 1. The first-order valence-electron chi connectivity index (χ1n) is 2.16. The van der Waals surface area contributed by atoms with Gasteiger partial charge in [-0.05, 0) is 0 Å². The summed E-state index contributed by atoms with van der Waals surface area (Å²) in [5, 5.41) is 0.569. The molecular formula is C4H9NO2Se. The minimum absolute atomic E-state index is 0.356. The normalized spacial score (nSPS) is 12.9. The fourth-order valence-electron chi connectivity index (χ4n) is 0.226. The zero-order valence-electron chi connectivity index (χ0n) is 4.63. The van der Waals surface area contributed by atoms with Gasteiger partial charge in [0.2, 0.25) is 0 Å². The fourth-order valence-corrected chi connectivity index (χ4v) is 0.539. The van der Waals surface area contributed by atoms with Crippen LogP contribution in [0.2, 0.25) is 5.32 Å². The summed E-state index contributed by atoms with van der Waals surface area (Å²) in [6.07, 6.45) is 0. The summed E-state index contributed by atoms with van der Waals surface area (Å²) >= 11 is 2.23. The molecule has 0 heterocycles. The van der Waals surface area contributed by atoms with E-state index in [1.807, 2.05) is 0 Å². The Bertz CT molecular complexity index is 86.1. The molecule has 0 aromatic rings. The Morgan fingerprint density at radius 2 is 2.50 bits per heavy atom. The van der Waals surface area contributed by atoms with Crippen LogP contribution < -0.4 is 5.73 Å². The molecule has 8 heavy (non-hydrogen) atoms. The third-order valence-electron chi connectivity index (χ3n) is 0.701. The summed E-state index contributed by atoms with van der Waals surface area (Å²) < 4.78 is 4.33. The second-order valence-corrected chi connectivity index (χ2v) is 2.08. The monoisotopic (exact) mass is 183 g/mol. The van der Waals surface area contributed by atoms with Crippen LogP contribution >= 0.6 is 0 Å². The number of rotatable bonds is 2. The zero-order valence-corrected chi connectivity index (χ0v) is 6.50. The average molecular weight is 182 g/mol. The predicted octanol–water partition coefficient (Wildman–Crippen LogP) is -1.19. The molecule has 2 N–H and O–H groups in total. The number of methoxy groups -OCH3 is 1. The molecular weight excluding hydrogens is 173 g/mol. The van der Waals surface area contributed by atoms with E-state index in [9.17, 15) is 4.79 Å². The molecule has 0 saturated heterocycles. The Kier molecular flexibility index (Phi) is 3.87. The van der Waals surface area contributed by atoms with Gasteiger partial charge in [0, 0.05) is 0 Å². The average Bonchev–Trinajstić information content (AvgIpc) is 1.84. The van der Waals surface area contributed by atoms with Gasteiger partial charge in [0.1, 0.15) is 0 Å². The van der Waals surface area contributed by atoms with E-state index >= 15 is 0 Å². The summed E-state index contributed by atoms with van der Waals surface area (Å²) in [5.74, 6) is -0.356. The summed E-state index contributed by atoms with van der Waals surface area (Å²) in [6, 6.07) is -0.472. The van der Waals surface area contributed by atoms with Gasteiger partial charge in [-0.1, -0.05) is 0 Å². The molecule has 48 valence electrons. The van der Waals surface area contributed by atoms with Crippen LogP contribution in [0.3, 0.4) is 0 Å². The summed E-state index contributed by atoms with van der Waals surface area (Å²) in [4.78, 5) is 10.4. The van der Waals surface area contributed by atoms with Gasteiger partial charge in [-0.2, -0.15) is 0 Å². The van der Waals surface area contributed by atoms with Crippen molar-refractivity contribution in [3.05, 3.63) is 0 Å². The third kappa shape index (κ3) is 2.31. The van der Waals surface area contributed by atoms with Crippen LogP contribution in [-0.4, -0.2) is 35.1 Å². The van der Waals surface area contributed by atoms with Crippen LogP contribution in [0, 0.1) is 0 Å². The van der Waals surface area contributed by atoms with Gasteiger partial charge >= 0.3 is 55.7 Å². The van der Waals surface area contributed by atoms with E-state index in [4.69, 9.17) is 5.73 Å². The Balaban J connectivity index is 3.46. The fraction of sp³-hybridized carbons (Fsp3) is 0.750. The first kappa shape index (κ1) is 7.95. The molecule has 0 radical (unpaired) electrons. The van der Waals surface area contributed by atoms with Gasteiger partial charge in [-0.15, -0.1) is 0 Å². The number of nitrogens with two attached hydrogens (primary N) is 1. The van der Waals surface area contributed by atoms with Crippen molar-refractivity contribution in [3.8, 4) is 0 Å². The van der Waals surface area contributed by atoms with Gasteiger partial charge in [-0.3, -0.25) is 0 Å². The molecule has 4 heteroatoms. The third-order valence-corrected chi connectivity index (χ3v) is 1.53. The quantitative estimate of drug-likeness (QED) is 0.431. The van der Waals surface area contributed by atoms with E-state index in [-0.39, 0.29) is 5.97 Å². The summed E-state index contributed by atoms with van der Waals surface area (Å²) in [5.41, 5.74) is 5.24. The maximum absolute atomic E-state index is 10.4. The standard InChI is InChI=1S/C4H9NO2Se/c1-7-4(6)3(5)2-8/h3,8H,2,5H2,1H3. The van der Waals surface area contributed by atoms with Crippen molar-refractivity contribution in [3.63, 3.8) is 0 Å².